The van der Waals surface area contributed by atoms with Crippen molar-refractivity contribution in [3.05, 3.63) is 41.4 Å². The molecule has 0 saturated carbocycles. The lowest BCUT2D eigenvalue weighted by molar-refractivity contribution is 0.464. The van der Waals surface area contributed by atoms with Crippen molar-refractivity contribution in [2.45, 2.75) is 4.90 Å². The van der Waals surface area contributed by atoms with Crippen molar-refractivity contribution in [3.63, 3.8) is 0 Å². The minimum Gasteiger partial charge on any atom is -0.744 e. The maximum atomic E-state index is 11.1. The first-order valence-corrected chi connectivity index (χ1v) is 5.77. The van der Waals surface area contributed by atoms with E-state index in [1.165, 1.54) is 12.1 Å². The van der Waals surface area contributed by atoms with Gasteiger partial charge in [-0.3, -0.25) is 0 Å². The molecule has 16 heavy (non-hydrogen) atoms. The minimum absolute atomic E-state index is 0. The molecule has 0 unspecified atom stereocenters. The normalized spacial score (nSPS) is 11.2. The minimum atomic E-state index is -4.68. The molecule has 5 nitrogen and oxygen atoms in total. The largest absolute Gasteiger partial charge is 1.00 e. The first-order chi connectivity index (χ1) is 7.54. The maximum absolute atomic E-state index is 11.1. The molecule has 0 fully saturated rings. The SMILES string of the molecule is N#[N+]c1ccc2ccccc2c1S(=O)(=O)[O-].[H+]. The van der Waals surface area contributed by atoms with Crippen LogP contribution < -0.4 is 0 Å². The second kappa shape index (κ2) is 3.56. The third-order valence-corrected chi connectivity index (χ3v) is 3.15. The van der Waals surface area contributed by atoms with Crippen LogP contribution in [-0.4, -0.2) is 13.0 Å². The molecular weight excluding hydrogens is 228 g/mol. The van der Waals surface area contributed by atoms with Gasteiger partial charge >= 0.3 is 7.11 Å². The van der Waals surface area contributed by atoms with Crippen molar-refractivity contribution < 1.29 is 14.4 Å². The van der Waals surface area contributed by atoms with E-state index in [9.17, 15) is 13.0 Å². The molecule has 0 saturated heterocycles. The monoisotopic (exact) mass is 235 g/mol. The van der Waals surface area contributed by atoms with Gasteiger partial charge in [0.05, 0.1) is 0 Å². The Bertz CT molecular complexity index is 707. The Morgan fingerprint density at radius 3 is 2.50 bits per heavy atom. The Balaban J connectivity index is 0.00000144. The second-order valence-corrected chi connectivity index (χ2v) is 4.51. The molecule has 0 N–H and O–H groups in total. The quantitative estimate of drug-likeness (QED) is 0.560. The summed E-state index contributed by atoms with van der Waals surface area (Å²) < 4.78 is 33.3. The summed E-state index contributed by atoms with van der Waals surface area (Å²) in [5.41, 5.74) is -0.242. The van der Waals surface area contributed by atoms with Gasteiger partial charge < -0.3 is 4.55 Å². The van der Waals surface area contributed by atoms with Gasteiger partial charge in [0.2, 0.25) is 5.39 Å². The van der Waals surface area contributed by atoms with Crippen molar-refractivity contribution in [1.29, 1.82) is 5.39 Å². The highest BCUT2D eigenvalue weighted by molar-refractivity contribution is 7.86. The molecule has 0 aromatic heterocycles. The molecule has 0 heterocycles. The van der Waals surface area contributed by atoms with Crippen LogP contribution in [-0.2, 0) is 10.1 Å². The number of nitrogens with zero attached hydrogens (tertiary/aromatic N) is 2. The molecule has 6 heteroatoms. The molecule has 0 aliphatic heterocycles. The van der Waals surface area contributed by atoms with Crippen LogP contribution in [0.2, 0.25) is 0 Å². The van der Waals surface area contributed by atoms with Crippen molar-refractivity contribution >= 4 is 26.6 Å². The summed E-state index contributed by atoms with van der Waals surface area (Å²) in [5, 5.41) is 9.52. The smallest absolute Gasteiger partial charge is 0.744 e. The average molecular weight is 235 g/mol. The van der Waals surface area contributed by atoms with E-state index in [0.29, 0.717) is 5.39 Å². The van der Waals surface area contributed by atoms with E-state index in [0.717, 1.165) is 0 Å². The Hall–Kier alpha value is -1.97. The van der Waals surface area contributed by atoms with E-state index in [2.05, 4.69) is 4.98 Å². The molecule has 0 aliphatic rings. The van der Waals surface area contributed by atoms with E-state index >= 15 is 0 Å². The van der Waals surface area contributed by atoms with Crippen LogP contribution in [0, 0.1) is 5.39 Å². The molecule has 2 aromatic rings. The van der Waals surface area contributed by atoms with Crippen molar-refractivity contribution in [1.82, 2.24) is 0 Å². The predicted molar refractivity (Wildman–Crippen MR) is 57.8 cm³/mol. The Morgan fingerprint density at radius 1 is 1.19 bits per heavy atom. The molecule has 0 radical (unpaired) electrons. The number of hydrogen-bond donors (Lipinski definition) is 0. The molecule has 2 aromatic carbocycles. The van der Waals surface area contributed by atoms with Gasteiger partial charge in [0.25, 0.3) is 0 Å². The lowest BCUT2D eigenvalue weighted by Gasteiger charge is -2.07. The summed E-state index contributed by atoms with van der Waals surface area (Å²) >= 11 is 0. The first kappa shape index (κ1) is 10.5. The molecular formula is C10H7N2O3S+. The van der Waals surface area contributed by atoms with Crippen LogP contribution in [0.3, 0.4) is 0 Å². The van der Waals surface area contributed by atoms with E-state index in [1.54, 1.807) is 24.3 Å². The summed E-state index contributed by atoms with van der Waals surface area (Å²) in [7, 11) is -4.68. The molecule has 2 rings (SSSR count). The summed E-state index contributed by atoms with van der Waals surface area (Å²) in [5.74, 6) is 0. The number of fused-ring (bicyclic) bond motifs is 1. The van der Waals surface area contributed by atoms with Crippen LogP contribution in [0.1, 0.15) is 1.43 Å². The number of benzene rings is 2. The van der Waals surface area contributed by atoms with E-state index in [-0.39, 0.29) is 12.5 Å². The lowest BCUT2D eigenvalue weighted by Crippen LogP contribution is -1.99. The van der Waals surface area contributed by atoms with Gasteiger partial charge in [-0.2, -0.15) is 0 Å². The third-order valence-electron chi connectivity index (χ3n) is 2.22. The van der Waals surface area contributed by atoms with Gasteiger partial charge in [0.15, 0.2) is 9.87 Å². The lowest BCUT2D eigenvalue weighted by atomic mass is 10.1. The molecule has 0 aliphatic carbocycles. The zero-order chi connectivity index (χ0) is 11.8. The Morgan fingerprint density at radius 2 is 1.88 bits per heavy atom. The number of hydrogen-bond acceptors (Lipinski definition) is 4. The number of diazo groups is 1. The van der Waals surface area contributed by atoms with Crippen LogP contribution >= 0.6 is 0 Å². The topological polar surface area (TPSA) is 85.3 Å². The highest BCUT2D eigenvalue weighted by Gasteiger charge is 2.21. The molecule has 80 valence electrons. The maximum Gasteiger partial charge on any atom is 1.00 e. The van der Waals surface area contributed by atoms with Crippen molar-refractivity contribution in [2.75, 3.05) is 0 Å². The van der Waals surface area contributed by atoms with E-state index in [4.69, 9.17) is 5.39 Å². The fraction of sp³-hybridized carbons (Fsp3) is 0. The standard InChI is InChI=1S/C10H6N2O3S/c11-12-9-6-5-7-3-1-2-4-8(7)10(9)16(13,14)15/h1-6H/p+1. The van der Waals surface area contributed by atoms with Crippen LogP contribution in [0.4, 0.5) is 5.69 Å². The second-order valence-electron chi connectivity index (χ2n) is 3.19. The van der Waals surface area contributed by atoms with Crippen LogP contribution in [0.15, 0.2) is 41.3 Å². The molecule has 0 spiro atoms. The summed E-state index contributed by atoms with van der Waals surface area (Å²) in [6.45, 7) is 0. The fourth-order valence-corrected chi connectivity index (χ4v) is 2.39. The summed E-state index contributed by atoms with van der Waals surface area (Å²) in [6, 6.07) is 9.36. The zero-order valence-electron chi connectivity index (χ0n) is 8.99. The Labute approximate surface area is 93.2 Å². The van der Waals surface area contributed by atoms with Crippen LogP contribution in [0.25, 0.3) is 15.7 Å². The molecule has 0 bridgehead atoms. The van der Waals surface area contributed by atoms with Gasteiger partial charge in [0, 0.05) is 11.5 Å². The van der Waals surface area contributed by atoms with Gasteiger partial charge in [0.1, 0.15) is 10.1 Å². The van der Waals surface area contributed by atoms with Gasteiger partial charge in [-0.25, -0.2) is 8.42 Å². The first-order valence-electron chi connectivity index (χ1n) is 4.37. The van der Waals surface area contributed by atoms with Gasteiger partial charge in [-0.15, -0.1) is 0 Å². The molecule has 0 atom stereocenters. The third kappa shape index (κ3) is 1.62. The van der Waals surface area contributed by atoms with Crippen molar-refractivity contribution in [2.24, 2.45) is 0 Å². The van der Waals surface area contributed by atoms with Gasteiger partial charge in [-0.05, 0) is 11.5 Å². The number of rotatable bonds is 1. The summed E-state index contributed by atoms with van der Waals surface area (Å²) in [6.07, 6.45) is 0. The molecule has 0 amide bonds. The van der Waals surface area contributed by atoms with Gasteiger partial charge in [-0.1, -0.05) is 24.3 Å². The summed E-state index contributed by atoms with van der Waals surface area (Å²) in [4.78, 5) is 2.32. The average Bonchev–Trinajstić information content (AvgIpc) is 2.26. The highest BCUT2D eigenvalue weighted by atomic mass is 32.2. The van der Waals surface area contributed by atoms with E-state index < -0.39 is 15.0 Å². The predicted octanol–water partition coefficient (Wildman–Crippen LogP) is 2.34. The Kier molecular flexibility index (Phi) is 2.34. The van der Waals surface area contributed by atoms with Crippen LogP contribution in [0.5, 0.6) is 0 Å². The fourth-order valence-electron chi connectivity index (χ4n) is 1.57. The highest BCUT2D eigenvalue weighted by Crippen LogP contribution is 2.31. The zero-order valence-corrected chi connectivity index (χ0v) is 8.81. The van der Waals surface area contributed by atoms with Crippen molar-refractivity contribution in [3.8, 4) is 0 Å². The van der Waals surface area contributed by atoms with E-state index in [1.807, 2.05) is 0 Å².